The van der Waals surface area contributed by atoms with Gasteiger partial charge >= 0.3 is 5.97 Å². The maximum atomic E-state index is 10.6. The van der Waals surface area contributed by atoms with Crippen molar-refractivity contribution in [3.05, 3.63) is 11.9 Å². The Bertz CT molecular complexity index is 313. The van der Waals surface area contributed by atoms with Crippen LogP contribution in [0.4, 0.5) is 0 Å². The van der Waals surface area contributed by atoms with E-state index in [1.807, 2.05) is 0 Å². The van der Waals surface area contributed by atoms with Gasteiger partial charge in [0.05, 0.1) is 13.3 Å². The van der Waals surface area contributed by atoms with Gasteiger partial charge in [-0.2, -0.15) is 5.10 Å². The van der Waals surface area contributed by atoms with Crippen molar-refractivity contribution in [3.63, 3.8) is 0 Å². The summed E-state index contributed by atoms with van der Waals surface area (Å²) in [5.74, 6) is -1.04. The lowest BCUT2D eigenvalue weighted by Gasteiger charge is -2.09. The van der Waals surface area contributed by atoms with Gasteiger partial charge in [-0.05, 0) is 6.92 Å². The summed E-state index contributed by atoms with van der Waals surface area (Å²) in [4.78, 5) is 10.6. The number of ether oxygens (including phenoxy) is 1. The van der Waals surface area contributed by atoms with Crippen LogP contribution in [-0.2, 0) is 11.3 Å². The number of aryl methyl sites for hydroxylation is 1. The zero-order chi connectivity index (χ0) is 10.7. The Balaban J connectivity index is 3.14. The molecule has 0 aromatic carbocycles. The predicted molar refractivity (Wildman–Crippen MR) is 47.0 cm³/mol. The zero-order valence-corrected chi connectivity index (χ0v) is 7.97. The number of aliphatic carboxylic acids is 1. The van der Waals surface area contributed by atoms with Gasteiger partial charge in [0.2, 0.25) is 0 Å². The first-order valence-electron chi connectivity index (χ1n) is 4.12. The molecule has 2 N–H and O–H groups in total. The van der Waals surface area contributed by atoms with E-state index in [2.05, 4.69) is 5.10 Å². The van der Waals surface area contributed by atoms with Crippen LogP contribution in [0, 0.1) is 0 Å². The number of aromatic nitrogens is 2. The topological polar surface area (TPSA) is 84.6 Å². The third-order valence-electron chi connectivity index (χ3n) is 1.86. The van der Waals surface area contributed by atoms with Gasteiger partial charge < -0.3 is 14.9 Å². The van der Waals surface area contributed by atoms with Crippen molar-refractivity contribution < 1.29 is 19.7 Å². The van der Waals surface area contributed by atoms with Gasteiger partial charge in [0.1, 0.15) is 5.69 Å². The minimum atomic E-state index is -1.60. The second-order valence-electron chi connectivity index (χ2n) is 2.65. The average Bonchev–Trinajstić information content (AvgIpc) is 2.58. The largest absolute Gasteiger partial charge is 0.493 e. The smallest absolute Gasteiger partial charge is 0.339 e. The van der Waals surface area contributed by atoms with Crippen LogP contribution in [0.3, 0.4) is 0 Å². The van der Waals surface area contributed by atoms with Crippen molar-refractivity contribution in [2.45, 2.75) is 19.6 Å². The molecule has 0 saturated heterocycles. The van der Waals surface area contributed by atoms with Gasteiger partial charge in [0, 0.05) is 6.54 Å². The summed E-state index contributed by atoms with van der Waals surface area (Å²) in [6.07, 6.45) is -0.224. The molecule has 0 aliphatic rings. The average molecular weight is 200 g/mol. The van der Waals surface area contributed by atoms with Crippen molar-refractivity contribution >= 4 is 5.97 Å². The van der Waals surface area contributed by atoms with E-state index in [0.717, 1.165) is 0 Å². The number of carboxylic acids is 1. The van der Waals surface area contributed by atoms with Crippen molar-refractivity contribution in [2.75, 3.05) is 7.11 Å². The molecule has 1 atom stereocenters. The molecule has 1 aromatic heterocycles. The molecule has 0 aliphatic heterocycles. The lowest BCUT2D eigenvalue weighted by Crippen LogP contribution is -2.16. The Labute approximate surface area is 80.7 Å². The maximum absolute atomic E-state index is 10.6. The number of methoxy groups -OCH3 is 1. The van der Waals surface area contributed by atoms with Gasteiger partial charge in [0.25, 0.3) is 0 Å². The fourth-order valence-corrected chi connectivity index (χ4v) is 1.18. The van der Waals surface area contributed by atoms with E-state index >= 15 is 0 Å². The molecule has 0 saturated carbocycles. The molecule has 14 heavy (non-hydrogen) atoms. The highest BCUT2D eigenvalue weighted by molar-refractivity contribution is 5.74. The SMILES string of the molecule is CCn1ncc(OC)c1C(O)C(=O)O. The monoisotopic (exact) mass is 200 g/mol. The molecule has 0 radical (unpaired) electrons. The number of rotatable bonds is 4. The van der Waals surface area contributed by atoms with Gasteiger partial charge in [-0.25, -0.2) is 4.79 Å². The summed E-state index contributed by atoms with van der Waals surface area (Å²) in [5.41, 5.74) is 0.169. The summed E-state index contributed by atoms with van der Waals surface area (Å²) < 4.78 is 6.28. The van der Waals surface area contributed by atoms with E-state index in [1.165, 1.54) is 18.0 Å². The Morgan fingerprint density at radius 3 is 2.86 bits per heavy atom. The fraction of sp³-hybridized carbons (Fsp3) is 0.500. The van der Waals surface area contributed by atoms with E-state index in [4.69, 9.17) is 9.84 Å². The normalized spacial score (nSPS) is 12.5. The fourth-order valence-electron chi connectivity index (χ4n) is 1.18. The lowest BCUT2D eigenvalue weighted by molar-refractivity contribution is -0.147. The second-order valence-corrected chi connectivity index (χ2v) is 2.65. The van der Waals surface area contributed by atoms with E-state index in [-0.39, 0.29) is 11.4 Å². The first-order valence-corrected chi connectivity index (χ1v) is 4.12. The van der Waals surface area contributed by atoms with Crippen LogP contribution in [-0.4, -0.2) is 33.1 Å². The third kappa shape index (κ3) is 1.69. The highest BCUT2D eigenvalue weighted by Crippen LogP contribution is 2.24. The Hall–Kier alpha value is -1.56. The van der Waals surface area contributed by atoms with Gasteiger partial charge in [-0.15, -0.1) is 0 Å². The van der Waals surface area contributed by atoms with Crippen molar-refractivity contribution in [2.24, 2.45) is 0 Å². The molecule has 1 unspecified atom stereocenters. The molecule has 1 rings (SSSR count). The molecule has 78 valence electrons. The van der Waals surface area contributed by atoms with Crippen LogP contribution in [0.15, 0.2) is 6.20 Å². The van der Waals surface area contributed by atoms with Gasteiger partial charge in [-0.1, -0.05) is 0 Å². The molecule has 0 fully saturated rings. The summed E-state index contributed by atoms with van der Waals surface area (Å²) in [6.45, 7) is 2.27. The summed E-state index contributed by atoms with van der Waals surface area (Å²) >= 11 is 0. The number of nitrogens with zero attached hydrogens (tertiary/aromatic N) is 2. The standard InChI is InChI=1S/C8H12N2O4/c1-3-10-6(7(11)8(12)13)5(14-2)4-9-10/h4,7,11H,3H2,1-2H3,(H,12,13). The van der Waals surface area contributed by atoms with Crippen LogP contribution in [0.2, 0.25) is 0 Å². The van der Waals surface area contributed by atoms with Crippen molar-refractivity contribution in [1.82, 2.24) is 9.78 Å². The molecule has 6 nitrogen and oxygen atoms in total. The van der Waals surface area contributed by atoms with Crippen LogP contribution in [0.5, 0.6) is 5.75 Å². The summed E-state index contributed by atoms with van der Waals surface area (Å²) in [7, 11) is 1.40. The Morgan fingerprint density at radius 2 is 2.43 bits per heavy atom. The number of carbonyl (C=O) groups is 1. The van der Waals surface area contributed by atoms with E-state index < -0.39 is 12.1 Å². The number of carboxylic acid groups (broad SMARTS) is 1. The van der Waals surface area contributed by atoms with Gasteiger partial charge in [0.15, 0.2) is 11.9 Å². The molecular weight excluding hydrogens is 188 g/mol. The molecule has 1 heterocycles. The highest BCUT2D eigenvalue weighted by Gasteiger charge is 2.25. The van der Waals surface area contributed by atoms with E-state index in [9.17, 15) is 9.90 Å². The van der Waals surface area contributed by atoms with Crippen LogP contribution in [0.25, 0.3) is 0 Å². The number of aliphatic hydroxyl groups is 1. The number of hydrogen-bond acceptors (Lipinski definition) is 4. The van der Waals surface area contributed by atoms with E-state index in [0.29, 0.717) is 6.54 Å². The number of hydrogen-bond donors (Lipinski definition) is 2. The van der Waals surface area contributed by atoms with E-state index in [1.54, 1.807) is 6.92 Å². The summed E-state index contributed by atoms with van der Waals surface area (Å²) in [6, 6.07) is 0. The number of aliphatic hydroxyl groups excluding tert-OH is 1. The van der Waals surface area contributed by atoms with Crippen molar-refractivity contribution in [1.29, 1.82) is 0 Å². The molecule has 0 spiro atoms. The first kappa shape index (κ1) is 10.5. The molecule has 0 bridgehead atoms. The van der Waals surface area contributed by atoms with Gasteiger partial charge in [-0.3, -0.25) is 4.68 Å². The highest BCUT2D eigenvalue weighted by atomic mass is 16.5. The molecule has 0 amide bonds. The molecular formula is C8H12N2O4. The lowest BCUT2D eigenvalue weighted by atomic mass is 10.2. The van der Waals surface area contributed by atoms with Crippen LogP contribution in [0.1, 0.15) is 18.7 Å². The second kappa shape index (κ2) is 4.10. The minimum absolute atomic E-state index is 0.169. The molecule has 0 aliphatic carbocycles. The van der Waals surface area contributed by atoms with Crippen molar-refractivity contribution in [3.8, 4) is 5.75 Å². The Kier molecular flexibility index (Phi) is 3.08. The molecule has 1 aromatic rings. The predicted octanol–water partition coefficient (Wildman–Crippen LogP) is 0.0296. The Morgan fingerprint density at radius 1 is 1.79 bits per heavy atom. The third-order valence-corrected chi connectivity index (χ3v) is 1.86. The quantitative estimate of drug-likeness (QED) is 0.716. The van der Waals surface area contributed by atoms with Crippen LogP contribution < -0.4 is 4.74 Å². The summed E-state index contributed by atoms with van der Waals surface area (Å²) in [5, 5.41) is 21.9. The minimum Gasteiger partial charge on any atom is -0.493 e. The molecule has 6 heteroatoms. The first-order chi connectivity index (χ1) is 6.61. The van der Waals surface area contributed by atoms with Crippen LogP contribution >= 0.6 is 0 Å². The zero-order valence-electron chi connectivity index (χ0n) is 7.97. The maximum Gasteiger partial charge on any atom is 0.339 e.